The highest BCUT2D eigenvalue weighted by molar-refractivity contribution is 6.53. The fourth-order valence-electron chi connectivity index (χ4n) is 3.30. The van der Waals surface area contributed by atoms with Crippen LogP contribution in [0.4, 0.5) is 0 Å². The number of benzene rings is 1. The molecule has 0 saturated carbocycles. The summed E-state index contributed by atoms with van der Waals surface area (Å²) in [6, 6.07) is 8.72. The number of hydrogen-bond donors (Lipinski definition) is 1. The van der Waals surface area contributed by atoms with Crippen LogP contribution >= 0.6 is 0 Å². The van der Waals surface area contributed by atoms with Gasteiger partial charge in [0.25, 0.3) is 0 Å². The van der Waals surface area contributed by atoms with E-state index in [2.05, 4.69) is 71.1 Å². The van der Waals surface area contributed by atoms with Gasteiger partial charge in [0.05, 0.1) is 16.8 Å². The Kier molecular flexibility index (Phi) is 4.15. The second-order valence-corrected chi connectivity index (χ2v) is 8.75. The van der Waals surface area contributed by atoms with E-state index >= 15 is 0 Å². The van der Waals surface area contributed by atoms with Crippen molar-refractivity contribution in [1.82, 2.24) is 5.32 Å². The van der Waals surface area contributed by atoms with Crippen molar-refractivity contribution in [2.24, 2.45) is 9.98 Å². The van der Waals surface area contributed by atoms with Crippen molar-refractivity contribution >= 4 is 17.2 Å². The number of nitrogens with one attached hydrogen (secondary N) is 1. The van der Waals surface area contributed by atoms with E-state index in [9.17, 15) is 0 Å². The summed E-state index contributed by atoms with van der Waals surface area (Å²) in [5.74, 6) is 0.930. The van der Waals surface area contributed by atoms with Crippen LogP contribution in [0.2, 0.25) is 0 Å². The number of hydrogen-bond acceptors (Lipinski definition) is 2. The van der Waals surface area contributed by atoms with Crippen LogP contribution < -0.4 is 5.32 Å². The molecule has 1 aromatic rings. The summed E-state index contributed by atoms with van der Waals surface area (Å²) >= 11 is 0. The molecule has 1 aromatic carbocycles. The zero-order chi connectivity index (χ0) is 17.5. The zero-order valence-corrected chi connectivity index (χ0v) is 15.8. The van der Waals surface area contributed by atoms with Crippen molar-refractivity contribution in [3.8, 4) is 0 Å². The molecule has 1 N–H and O–H groups in total. The van der Waals surface area contributed by atoms with Crippen molar-refractivity contribution in [1.29, 1.82) is 0 Å². The normalized spacial score (nSPS) is 21.6. The van der Waals surface area contributed by atoms with E-state index in [0.29, 0.717) is 0 Å². The van der Waals surface area contributed by atoms with Crippen molar-refractivity contribution in [2.75, 3.05) is 0 Å². The van der Waals surface area contributed by atoms with Crippen LogP contribution in [0.15, 0.2) is 39.8 Å². The molecule has 0 amide bonds. The number of rotatable bonds is 0. The second kappa shape index (κ2) is 5.87. The van der Waals surface area contributed by atoms with E-state index in [-0.39, 0.29) is 11.1 Å². The van der Waals surface area contributed by atoms with Crippen LogP contribution in [0.5, 0.6) is 0 Å². The highest BCUT2D eigenvalue weighted by Crippen LogP contribution is 2.34. The summed E-state index contributed by atoms with van der Waals surface area (Å²) in [7, 11) is 0. The van der Waals surface area contributed by atoms with Gasteiger partial charge in [-0.2, -0.15) is 0 Å². The van der Waals surface area contributed by atoms with Crippen LogP contribution in [0.25, 0.3) is 5.70 Å². The number of aliphatic imine (C=N–C) groups is 2. The van der Waals surface area contributed by atoms with Crippen LogP contribution in [0.3, 0.4) is 0 Å². The molecule has 128 valence electrons. The fraction of sp³-hybridized carbons (Fsp3) is 0.524. The molecule has 0 saturated heterocycles. The highest BCUT2D eigenvalue weighted by Gasteiger charge is 2.32. The van der Waals surface area contributed by atoms with E-state index in [4.69, 9.17) is 9.98 Å². The maximum Gasteiger partial charge on any atom is 0.152 e. The molecule has 0 bridgehead atoms. The molecule has 0 aromatic heterocycles. The molecule has 0 radical (unpaired) electrons. The molecular formula is C21H29N3. The molecular weight excluding hydrogens is 294 g/mol. The second-order valence-electron chi connectivity index (χ2n) is 8.75. The van der Waals surface area contributed by atoms with Gasteiger partial charge in [-0.15, -0.1) is 0 Å². The fourth-order valence-corrected chi connectivity index (χ4v) is 3.30. The molecule has 0 unspecified atom stereocenters. The van der Waals surface area contributed by atoms with Gasteiger partial charge in [-0.1, -0.05) is 24.3 Å². The van der Waals surface area contributed by atoms with Crippen molar-refractivity contribution in [3.63, 3.8) is 0 Å². The number of fused-ring (bicyclic) bond motifs is 2. The Labute approximate surface area is 146 Å². The maximum atomic E-state index is 5.04. The number of amidine groups is 1. The van der Waals surface area contributed by atoms with Gasteiger partial charge in [-0.05, 0) is 66.4 Å². The third kappa shape index (κ3) is 3.61. The van der Waals surface area contributed by atoms with E-state index < -0.39 is 0 Å². The average molecular weight is 323 g/mol. The van der Waals surface area contributed by atoms with Crippen molar-refractivity contribution in [2.45, 2.75) is 71.9 Å². The standard InChI is InChI=1S/C21H29N3/c1-20(2,3)23-18-16-13-9-11-14-10-7-8-12-15(14)17(16)22-19(18)24-21(4,5)6/h7-8,10,12H,9,11,13H2,1-6H3,(H,22,23,24). The molecule has 1 aliphatic heterocycles. The zero-order valence-electron chi connectivity index (χ0n) is 15.8. The summed E-state index contributed by atoms with van der Waals surface area (Å²) in [5.41, 5.74) is 6.08. The average Bonchev–Trinajstić information content (AvgIpc) is 2.65. The van der Waals surface area contributed by atoms with Gasteiger partial charge in [0.1, 0.15) is 5.71 Å². The summed E-state index contributed by atoms with van der Waals surface area (Å²) in [4.78, 5) is 9.97. The summed E-state index contributed by atoms with van der Waals surface area (Å²) in [6.45, 7) is 12.9. The van der Waals surface area contributed by atoms with Crippen LogP contribution in [-0.4, -0.2) is 22.6 Å². The Morgan fingerprint density at radius 2 is 1.54 bits per heavy atom. The van der Waals surface area contributed by atoms with Gasteiger partial charge in [-0.25, -0.2) is 0 Å². The van der Waals surface area contributed by atoms with Crippen molar-refractivity contribution in [3.05, 3.63) is 41.0 Å². The predicted molar refractivity (Wildman–Crippen MR) is 104 cm³/mol. The Balaban J connectivity index is 2.17. The molecule has 3 heteroatoms. The SMILES string of the molecule is CC(C)(C)N=C1NC2=C(CCCc3ccccc32)C1=NC(C)(C)C. The van der Waals surface area contributed by atoms with E-state index in [1.54, 1.807) is 0 Å². The van der Waals surface area contributed by atoms with Gasteiger partial charge < -0.3 is 5.32 Å². The monoisotopic (exact) mass is 323 g/mol. The Morgan fingerprint density at radius 1 is 0.875 bits per heavy atom. The lowest BCUT2D eigenvalue weighted by molar-refractivity contribution is 0.578. The molecule has 3 nitrogen and oxygen atoms in total. The Morgan fingerprint density at radius 3 is 2.21 bits per heavy atom. The maximum absolute atomic E-state index is 5.04. The summed E-state index contributed by atoms with van der Waals surface area (Å²) in [5, 5.41) is 3.62. The first-order chi connectivity index (χ1) is 11.1. The molecule has 1 heterocycles. The van der Waals surface area contributed by atoms with E-state index in [1.165, 1.54) is 22.4 Å². The molecule has 2 aliphatic rings. The Bertz CT molecular complexity index is 737. The minimum atomic E-state index is -0.134. The smallest absolute Gasteiger partial charge is 0.152 e. The van der Waals surface area contributed by atoms with Crippen LogP contribution in [0, 0.1) is 0 Å². The third-order valence-corrected chi connectivity index (χ3v) is 4.11. The lowest BCUT2D eigenvalue weighted by Gasteiger charge is -2.18. The van der Waals surface area contributed by atoms with E-state index in [0.717, 1.165) is 30.8 Å². The molecule has 1 aliphatic carbocycles. The summed E-state index contributed by atoms with van der Waals surface area (Å²) in [6.07, 6.45) is 3.33. The molecule has 24 heavy (non-hydrogen) atoms. The van der Waals surface area contributed by atoms with Gasteiger partial charge in [0.2, 0.25) is 0 Å². The molecule has 0 atom stereocenters. The van der Waals surface area contributed by atoms with Crippen LogP contribution in [-0.2, 0) is 6.42 Å². The molecule has 0 fully saturated rings. The van der Waals surface area contributed by atoms with Gasteiger partial charge >= 0.3 is 0 Å². The molecule has 3 rings (SSSR count). The van der Waals surface area contributed by atoms with Gasteiger partial charge in [0.15, 0.2) is 5.84 Å². The van der Waals surface area contributed by atoms with Crippen molar-refractivity contribution < 1.29 is 0 Å². The number of aryl methyl sites for hydroxylation is 1. The first-order valence-electron chi connectivity index (χ1n) is 8.93. The quantitative estimate of drug-likeness (QED) is 0.733. The van der Waals surface area contributed by atoms with E-state index in [1.807, 2.05) is 0 Å². The topological polar surface area (TPSA) is 36.8 Å². The number of nitrogens with zero attached hydrogens (tertiary/aromatic N) is 2. The lowest BCUT2D eigenvalue weighted by atomic mass is 10.0. The van der Waals surface area contributed by atoms with Crippen LogP contribution in [0.1, 0.15) is 65.5 Å². The lowest BCUT2D eigenvalue weighted by Crippen LogP contribution is -2.29. The van der Waals surface area contributed by atoms with Gasteiger partial charge in [0, 0.05) is 11.1 Å². The Hall–Kier alpha value is -1.90. The summed E-state index contributed by atoms with van der Waals surface area (Å²) < 4.78 is 0. The highest BCUT2D eigenvalue weighted by atomic mass is 15.1. The first-order valence-corrected chi connectivity index (χ1v) is 8.93. The van der Waals surface area contributed by atoms with Gasteiger partial charge in [-0.3, -0.25) is 9.98 Å². The predicted octanol–water partition coefficient (Wildman–Crippen LogP) is 4.77. The largest absolute Gasteiger partial charge is 0.338 e. The minimum Gasteiger partial charge on any atom is -0.338 e. The minimum absolute atomic E-state index is 0.121. The molecule has 0 spiro atoms. The first kappa shape index (κ1) is 16.9. The third-order valence-electron chi connectivity index (χ3n) is 4.11.